The van der Waals surface area contributed by atoms with Gasteiger partial charge in [0.1, 0.15) is 5.76 Å². The first-order valence-corrected chi connectivity index (χ1v) is 9.42. The normalized spacial score (nSPS) is 10.6. The summed E-state index contributed by atoms with van der Waals surface area (Å²) in [4.78, 5) is 23.7. The minimum atomic E-state index is -0.231. The van der Waals surface area contributed by atoms with E-state index in [0.717, 1.165) is 11.3 Å². The van der Waals surface area contributed by atoms with E-state index in [2.05, 4.69) is 20.9 Å². The Bertz CT molecular complexity index is 907. The number of aryl methyl sites for hydroxylation is 1. The number of hydrogen-bond acceptors (Lipinski definition) is 6. The number of rotatable bonds is 8. The van der Waals surface area contributed by atoms with Gasteiger partial charge in [-0.25, -0.2) is 4.68 Å². The van der Waals surface area contributed by atoms with Crippen LogP contribution in [-0.4, -0.2) is 38.3 Å². The van der Waals surface area contributed by atoms with Crippen LogP contribution in [0.4, 0.5) is 5.82 Å². The van der Waals surface area contributed by atoms with Crippen LogP contribution in [0.25, 0.3) is 5.69 Å². The summed E-state index contributed by atoms with van der Waals surface area (Å²) >= 11 is 1.23. The molecule has 0 bridgehead atoms. The van der Waals surface area contributed by atoms with Crippen molar-refractivity contribution in [2.45, 2.75) is 13.5 Å². The van der Waals surface area contributed by atoms with Crippen LogP contribution >= 0.6 is 11.8 Å². The summed E-state index contributed by atoms with van der Waals surface area (Å²) in [5, 5.41) is 13.4. The van der Waals surface area contributed by atoms with Gasteiger partial charge in [0.15, 0.2) is 5.82 Å². The summed E-state index contributed by atoms with van der Waals surface area (Å²) in [6, 6.07) is 11.4. The lowest BCUT2D eigenvalue weighted by Gasteiger charge is -2.04. The molecule has 3 aromatic rings. The van der Waals surface area contributed by atoms with Crippen molar-refractivity contribution in [1.29, 1.82) is 0 Å². The largest absolute Gasteiger partial charge is 0.360 e. The summed E-state index contributed by atoms with van der Waals surface area (Å²) in [6.45, 7) is 2.13. The van der Waals surface area contributed by atoms with Crippen LogP contribution in [0, 0.1) is 6.92 Å². The number of hydrogen-bond donors (Lipinski definition) is 2. The molecule has 27 heavy (non-hydrogen) atoms. The van der Waals surface area contributed by atoms with Gasteiger partial charge in [-0.3, -0.25) is 9.59 Å². The average Bonchev–Trinajstić information content (AvgIpc) is 3.30. The van der Waals surface area contributed by atoms with Gasteiger partial charge in [0.05, 0.1) is 23.4 Å². The molecule has 0 saturated heterocycles. The molecule has 3 rings (SSSR count). The molecule has 1 aromatic carbocycles. The van der Waals surface area contributed by atoms with E-state index in [0.29, 0.717) is 18.1 Å². The van der Waals surface area contributed by atoms with Crippen molar-refractivity contribution in [1.82, 2.24) is 20.3 Å². The highest BCUT2D eigenvalue weighted by Gasteiger charge is 2.09. The smallest absolute Gasteiger partial charge is 0.235 e. The van der Waals surface area contributed by atoms with E-state index in [9.17, 15) is 9.59 Å². The topological polar surface area (TPSA) is 102 Å². The predicted octanol–water partition coefficient (Wildman–Crippen LogP) is 2.16. The Hall–Kier alpha value is -3.07. The van der Waals surface area contributed by atoms with E-state index >= 15 is 0 Å². The number of aromatic nitrogens is 3. The van der Waals surface area contributed by atoms with Gasteiger partial charge in [0.2, 0.25) is 11.8 Å². The molecule has 0 aliphatic rings. The number of nitrogens with zero attached hydrogens (tertiary/aromatic N) is 3. The number of thioether (sulfide) groups is 1. The van der Waals surface area contributed by atoms with Gasteiger partial charge in [-0.05, 0) is 19.1 Å². The first kappa shape index (κ1) is 18.7. The van der Waals surface area contributed by atoms with Gasteiger partial charge in [-0.15, -0.1) is 11.8 Å². The molecule has 2 aromatic heterocycles. The lowest BCUT2D eigenvalue weighted by molar-refractivity contribution is -0.118. The molecule has 140 valence electrons. The first-order valence-electron chi connectivity index (χ1n) is 8.27. The van der Waals surface area contributed by atoms with Gasteiger partial charge in [-0.2, -0.15) is 5.10 Å². The zero-order chi connectivity index (χ0) is 19.1. The molecule has 0 radical (unpaired) electrons. The lowest BCUT2D eigenvalue weighted by Crippen LogP contribution is -2.25. The van der Waals surface area contributed by atoms with Crippen LogP contribution in [0.3, 0.4) is 0 Å². The highest BCUT2D eigenvalue weighted by molar-refractivity contribution is 8.00. The average molecular weight is 385 g/mol. The van der Waals surface area contributed by atoms with E-state index in [1.165, 1.54) is 11.8 Å². The maximum atomic E-state index is 11.9. The van der Waals surface area contributed by atoms with Crippen LogP contribution in [-0.2, 0) is 16.1 Å². The standard InChI is InChI=1S/C18H19N5O3S/c1-13-7-16(22-26-13)21-18(25)12-27-11-17(24)19-8-14-9-20-23(10-14)15-5-3-2-4-6-15/h2-7,9-10H,8,11-12H2,1H3,(H,19,24)(H,21,22,25). The zero-order valence-corrected chi connectivity index (χ0v) is 15.5. The van der Waals surface area contributed by atoms with Crippen molar-refractivity contribution in [2.24, 2.45) is 0 Å². The van der Waals surface area contributed by atoms with Crippen LogP contribution in [0.1, 0.15) is 11.3 Å². The predicted molar refractivity (Wildman–Crippen MR) is 103 cm³/mol. The van der Waals surface area contributed by atoms with Crippen molar-refractivity contribution in [3.63, 3.8) is 0 Å². The number of amides is 2. The first-order chi connectivity index (χ1) is 13.1. The van der Waals surface area contributed by atoms with Gasteiger partial charge < -0.3 is 15.2 Å². The van der Waals surface area contributed by atoms with Crippen molar-refractivity contribution >= 4 is 29.4 Å². The molecule has 2 amide bonds. The van der Waals surface area contributed by atoms with E-state index in [1.54, 1.807) is 23.9 Å². The molecular weight excluding hydrogens is 366 g/mol. The molecule has 8 nitrogen and oxygen atoms in total. The number of benzene rings is 1. The van der Waals surface area contributed by atoms with Crippen molar-refractivity contribution in [3.8, 4) is 5.69 Å². The third-order valence-corrected chi connectivity index (χ3v) is 4.44. The van der Waals surface area contributed by atoms with E-state index in [4.69, 9.17) is 4.52 Å². The second-order valence-electron chi connectivity index (χ2n) is 5.77. The molecule has 0 atom stereocenters. The zero-order valence-electron chi connectivity index (χ0n) is 14.7. The maximum absolute atomic E-state index is 11.9. The molecule has 0 fully saturated rings. The Morgan fingerprint density at radius 3 is 2.70 bits per heavy atom. The quantitative estimate of drug-likeness (QED) is 0.616. The molecule has 2 N–H and O–H groups in total. The summed E-state index contributed by atoms with van der Waals surface area (Å²) in [5.74, 6) is 0.970. The monoisotopic (exact) mass is 385 g/mol. The Labute approximate surface area is 160 Å². The molecule has 0 spiro atoms. The third kappa shape index (κ3) is 5.71. The lowest BCUT2D eigenvalue weighted by atomic mass is 10.3. The Kier molecular flexibility index (Phi) is 6.26. The molecule has 0 unspecified atom stereocenters. The molecular formula is C18H19N5O3S. The summed E-state index contributed by atoms with van der Waals surface area (Å²) < 4.78 is 6.63. The van der Waals surface area contributed by atoms with E-state index < -0.39 is 0 Å². The molecule has 0 aliphatic carbocycles. The Morgan fingerprint density at radius 1 is 1.19 bits per heavy atom. The van der Waals surface area contributed by atoms with E-state index in [1.807, 2.05) is 36.5 Å². The second kappa shape index (κ2) is 9.04. The second-order valence-corrected chi connectivity index (χ2v) is 6.75. The molecule has 2 heterocycles. The SMILES string of the molecule is Cc1cc(NC(=O)CSCC(=O)NCc2cnn(-c3ccccc3)c2)no1. The molecule has 9 heteroatoms. The number of nitrogens with one attached hydrogen (secondary N) is 2. The number of anilines is 1. The number of carbonyl (C=O) groups excluding carboxylic acids is 2. The Balaban J connectivity index is 1.36. The highest BCUT2D eigenvalue weighted by atomic mass is 32.2. The van der Waals surface area contributed by atoms with E-state index in [-0.39, 0.29) is 23.3 Å². The maximum Gasteiger partial charge on any atom is 0.235 e. The summed E-state index contributed by atoms with van der Waals surface area (Å²) in [6.07, 6.45) is 3.59. The Morgan fingerprint density at radius 2 is 1.96 bits per heavy atom. The van der Waals surface area contributed by atoms with Gasteiger partial charge >= 0.3 is 0 Å². The van der Waals surface area contributed by atoms with Gasteiger partial charge in [0, 0.05) is 24.4 Å². The van der Waals surface area contributed by atoms with Gasteiger partial charge in [0.25, 0.3) is 0 Å². The molecule has 0 aliphatic heterocycles. The van der Waals surface area contributed by atoms with Crippen LogP contribution < -0.4 is 10.6 Å². The highest BCUT2D eigenvalue weighted by Crippen LogP contribution is 2.09. The van der Waals surface area contributed by atoms with Crippen LogP contribution in [0.15, 0.2) is 53.3 Å². The third-order valence-electron chi connectivity index (χ3n) is 3.51. The molecule has 0 saturated carbocycles. The fourth-order valence-electron chi connectivity index (χ4n) is 2.27. The van der Waals surface area contributed by atoms with Crippen LogP contribution in [0.2, 0.25) is 0 Å². The minimum absolute atomic E-state index is 0.141. The summed E-state index contributed by atoms with van der Waals surface area (Å²) in [5.41, 5.74) is 1.86. The van der Waals surface area contributed by atoms with Gasteiger partial charge in [-0.1, -0.05) is 23.4 Å². The van der Waals surface area contributed by atoms with Crippen molar-refractivity contribution in [2.75, 3.05) is 16.8 Å². The number of para-hydroxylation sites is 1. The minimum Gasteiger partial charge on any atom is -0.360 e. The fraction of sp³-hybridized carbons (Fsp3) is 0.222. The van der Waals surface area contributed by atoms with Crippen LogP contribution in [0.5, 0.6) is 0 Å². The van der Waals surface area contributed by atoms with Crippen molar-refractivity contribution < 1.29 is 14.1 Å². The van der Waals surface area contributed by atoms with Crippen molar-refractivity contribution in [3.05, 3.63) is 60.1 Å². The fourth-order valence-corrected chi connectivity index (χ4v) is 2.91. The number of carbonyl (C=O) groups is 2. The summed E-state index contributed by atoms with van der Waals surface area (Å²) in [7, 11) is 0.